The van der Waals surface area contributed by atoms with Crippen molar-refractivity contribution in [2.75, 3.05) is 62.6 Å². The number of allylic oxidation sites excluding steroid dienone is 1. The molecule has 3 aliphatic heterocycles. The molecule has 346 valence electrons. The van der Waals surface area contributed by atoms with Gasteiger partial charge in [-0.25, -0.2) is 22.9 Å². The molecule has 1 atom stereocenters. The summed E-state index contributed by atoms with van der Waals surface area (Å²) in [6, 6.07) is 18.4. The summed E-state index contributed by atoms with van der Waals surface area (Å²) in [4.78, 5) is 50.1. The molecular weight excluding hydrogens is 888 g/mol. The minimum absolute atomic E-state index is 0.0140. The van der Waals surface area contributed by atoms with E-state index in [1.54, 1.807) is 24.4 Å². The predicted molar refractivity (Wildman–Crippen MR) is 250 cm³/mol. The molecule has 0 saturated carbocycles. The Morgan fingerprint density at radius 3 is 2.52 bits per heavy atom. The van der Waals surface area contributed by atoms with Gasteiger partial charge in [0, 0.05) is 86.3 Å². The molecule has 4 aliphatic rings. The molecule has 5 aromatic rings. The topological polar surface area (TPSA) is 213 Å². The smallest absolute Gasteiger partial charge is 0.407 e. The Hall–Kier alpha value is -6.37. The molecule has 66 heavy (non-hydrogen) atoms. The van der Waals surface area contributed by atoms with Gasteiger partial charge in [-0.3, -0.25) is 19.8 Å². The van der Waals surface area contributed by atoms with Crippen LogP contribution in [0.1, 0.15) is 61.9 Å². The van der Waals surface area contributed by atoms with Gasteiger partial charge < -0.3 is 34.7 Å². The molecule has 2 fully saturated rings. The van der Waals surface area contributed by atoms with Gasteiger partial charge in [-0.15, -0.1) is 0 Å². The van der Waals surface area contributed by atoms with Crippen LogP contribution in [0, 0.1) is 21.4 Å². The van der Waals surface area contributed by atoms with E-state index < -0.39 is 37.5 Å². The number of fused-ring (bicyclic) bond motifs is 2. The number of hydrogen-bond donors (Lipinski definition) is 4. The first-order valence-corrected chi connectivity index (χ1v) is 23.9. The van der Waals surface area contributed by atoms with Crippen LogP contribution in [0.3, 0.4) is 0 Å². The maximum atomic E-state index is 14.1. The summed E-state index contributed by atoms with van der Waals surface area (Å²) >= 11 is 6.24. The molecule has 17 nitrogen and oxygen atoms in total. The first-order chi connectivity index (χ1) is 31.6. The summed E-state index contributed by atoms with van der Waals surface area (Å²) in [7, 11) is -4.71. The third kappa shape index (κ3) is 9.62. The summed E-state index contributed by atoms with van der Waals surface area (Å²) in [6.07, 6.45) is 6.45. The summed E-state index contributed by atoms with van der Waals surface area (Å²) in [6.45, 7) is 9.22. The standard InChI is InChI=1S/C47H51ClN8O9S/c1-47(2)13-9-32(38(25-47)29-3-5-33(48)6-4-29)27-53-17-19-54(20-18-53)34-7-8-37(41(22-34)65-35-21-31-10-14-49-44(31)50-26-35)45(57)52-66(62,63)36-23-40(56(60)61)43-42(24-36)64-28-39(51-43)30-11-15-55(16-12-30)46(58)59/h3-8,10,14,21-24,26,30,39,51H,9,11-13,15-20,25,27-28H2,1-2H3,(H,49,50)(H,52,57)(H,58,59). The van der Waals surface area contributed by atoms with Crippen LogP contribution in [0.25, 0.3) is 16.6 Å². The highest BCUT2D eigenvalue weighted by atomic mass is 35.5. The molecule has 19 heteroatoms. The number of likely N-dealkylation sites (tertiary alicyclic amines) is 1. The van der Waals surface area contributed by atoms with Gasteiger partial charge in [-0.05, 0) is 91.0 Å². The van der Waals surface area contributed by atoms with Crippen molar-refractivity contribution in [1.82, 2.24) is 24.5 Å². The average molecular weight is 939 g/mol. The summed E-state index contributed by atoms with van der Waals surface area (Å²) in [5.41, 5.74) is 5.08. The molecule has 0 radical (unpaired) electrons. The van der Waals surface area contributed by atoms with Gasteiger partial charge in [0.25, 0.3) is 21.6 Å². The Morgan fingerprint density at radius 2 is 1.79 bits per heavy atom. The predicted octanol–water partition coefficient (Wildman–Crippen LogP) is 8.38. The normalized spacial score (nSPS) is 19.2. The molecular formula is C47H51ClN8O9S. The zero-order chi connectivity index (χ0) is 46.3. The number of aromatic amines is 1. The highest BCUT2D eigenvalue weighted by Gasteiger charge is 2.37. The molecule has 9 rings (SSSR count). The maximum Gasteiger partial charge on any atom is 0.407 e. The van der Waals surface area contributed by atoms with Gasteiger partial charge in [-0.1, -0.05) is 43.2 Å². The van der Waals surface area contributed by atoms with Crippen LogP contribution in [0.4, 0.5) is 21.9 Å². The van der Waals surface area contributed by atoms with Crippen molar-refractivity contribution < 1.29 is 37.5 Å². The molecule has 0 spiro atoms. The fraction of sp³-hybridized carbons (Fsp3) is 0.383. The number of H-pyrrole nitrogens is 1. The van der Waals surface area contributed by atoms with Gasteiger partial charge >= 0.3 is 6.09 Å². The monoisotopic (exact) mass is 938 g/mol. The van der Waals surface area contributed by atoms with Crippen LogP contribution in [-0.2, 0) is 10.0 Å². The molecule has 5 heterocycles. The van der Waals surface area contributed by atoms with Crippen molar-refractivity contribution in [2.24, 2.45) is 11.3 Å². The number of amides is 2. The number of nitrogens with one attached hydrogen (secondary N) is 3. The van der Waals surface area contributed by atoms with Crippen LogP contribution in [-0.4, -0.2) is 109 Å². The van der Waals surface area contributed by atoms with E-state index in [-0.39, 0.29) is 46.7 Å². The largest absolute Gasteiger partial charge is 0.489 e. The third-order valence-corrected chi connectivity index (χ3v) is 14.8. The molecule has 0 bridgehead atoms. The second kappa shape index (κ2) is 18.1. The number of ether oxygens (including phenoxy) is 2. The van der Waals surface area contributed by atoms with Crippen LogP contribution < -0.4 is 24.4 Å². The van der Waals surface area contributed by atoms with Crippen molar-refractivity contribution in [2.45, 2.75) is 56.9 Å². The van der Waals surface area contributed by atoms with Gasteiger partial charge in [0.15, 0.2) is 11.4 Å². The lowest BCUT2D eigenvalue weighted by atomic mass is 9.72. The number of nitrogens with zero attached hydrogens (tertiary/aromatic N) is 5. The third-order valence-electron chi connectivity index (χ3n) is 13.3. The van der Waals surface area contributed by atoms with Crippen LogP contribution in [0.15, 0.2) is 89.6 Å². The van der Waals surface area contributed by atoms with Crippen molar-refractivity contribution in [3.8, 4) is 17.2 Å². The number of carbonyl (C=O) groups excluding carboxylic acids is 1. The number of rotatable bonds is 11. The SMILES string of the molecule is CC1(C)CCC(CN2CCN(c3ccc(C(=O)NS(=O)(=O)c4cc5c(c([N+](=O)[O-])c4)NC(C4CCN(C(=O)O)CC4)CO5)c(Oc4cnc5[nH]ccc5c4)c3)CC2)=C(c2ccc(Cl)cc2)C1. The number of piperazine rings is 1. The summed E-state index contributed by atoms with van der Waals surface area (Å²) in [5, 5.41) is 26.4. The Bertz CT molecular complexity index is 2830. The number of carboxylic acid groups (broad SMARTS) is 1. The van der Waals surface area contributed by atoms with Gasteiger partial charge in [-0.2, -0.15) is 0 Å². The number of nitro groups is 1. The highest BCUT2D eigenvalue weighted by molar-refractivity contribution is 7.90. The number of aromatic nitrogens is 2. The first kappa shape index (κ1) is 44.8. The van der Waals surface area contributed by atoms with E-state index in [9.17, 15) is 33.2 Å². The second-order valence-electron chi connectivity index (χ2n) is 18.2. The Labute approximate surface area is 386 Å². The quantitative estimate of drug-likeness (QED) is 0.0725. The molecule has 4 N–H and O–H groups in total. The molecule has 2 amide bonds. The Kier molecular flexibility index (Phi) is 12.3. The number of piperidine rings is 1. The maximum absolute atomic E-state index is 14.1. The number of halogens is 1. The van der Waals surface area contributed by atoms with Crippen molar-refractivity contribution >= 4 is 67.3 Å². The van der Waals surface area contributed by atoms with Crippen LogP contribution >= 0.6 is 11.6 Å². The van der Waals surface area contributed by atoms with E-state index in [0.717, 1.165) is 67.1 Å². The minimum atomic E-state index is -4.71. The van der Waals surface area contributed by atoms with Gasteiger partial charge in [0.2, 0.25) is 0 Å². The zero-order valence-electron chi connectivity index (χ0n) is 36.6. The molecule has 2 saturated heterocycles. The Balaban J connectivity index is 0.935. The molecule has 2 aromatic heterocycles. The molecule has 3 aromatic carbocycles. The fourth-order valence-corrected chi connectivity index (χ4v) is 10.6. The van der Waals surface area contributed by atoms with Gasteiger partial charge in [0.05, 0.1) is 27.6 Å². The number of benzene rings is 3. The van der Waals surface area contributed by atoms with Crippen molar-refractivity contribution in [3.63, 3.8) is 0 Å². The van der Waals surface area contributed by atoms with E-state index in [0.29, 0.717) is 50.4 Å². The molecule has 1 unspecified atom stereocenters. The zero-order valence-corrected chi connectivity index (χ0v) is 38.2. The van der Waals surface area contributed by atoms with Crippen molar-refractivity contribution in [3.05, 3.63) is 111 Å². The lowest BCUT2D eigenvalue weighted by Crippen LogP contribution is -2.47. The number of carbonyl (C=O) groups is 2. The minimum Gasteiger partial charge on any atom is -0.489 e. The average Bonchev–Trinajstić information content (AvgIpc) is 3.77. The molecule has 1 aliphatic carbocycles. The number of pyridine rings is 1. The van der Waals surface area contributed by atoms with Crippen LogP contribution in [0.5, 0.6) is 17.2 Å². The number of hydrogen-bond acceptors (Lipinski definition) is 12. The summed E-state index contributed by atoms with van der Waals surface area (Å²) in [5.74, 6) is -0.687. The number of nitro benzene ring substituents is 1. The Morgan fingerprint density at radius 1 is 1.03 bits per heavy atom. The summed E-state index contributed by atoms with van der Waals surface area (Å²) < 4.78 is 42.2. The van der Waals surface area contributed by atoms with Crippen molar-refractivity contribution in [1.29, 1.82) is 0 Å². The number of anilines is 2. The lowest BCUT2D eigenvalue weighted by molar-refractivity contribution is -0.384. The van der Waals surface area contributed by atoms with E-state index >= 15 is 0 Å². The van der Waals surface area contributed by atoms with E-state index in [1.165, 1.54) is 33.9 Å². The van der Waals surface area contributed by atoms with E-state index in [4.69, 9.17) is 21.1 Å². The second-order valence-corrected chi connectivity index (χ2v) is 20.4. The first-order valence-electron chi connectivity index (χ1n) is 22.1. The number of sulfonamides is 1. The lowest BCUT2D eigenvalue weighted by Gasteiger charge is -2.39. The fourth-order valence-electron chi connectivity index (χ4n) is 9.50. The highest BCUT2D eigenvalue weighted by Crippen LogP contribution is 2.44. The van der Waals surface area contributed by atoms with E-state index in [1.807, 2.05) is 18.2 Å². The van der Waals surface area contributed by atoms with Crippen LogP contribution in [0.2, 0.25) is 5.02 Å². The van der Waals surface area contributed by atoms with Gasteiger partial charge in [0.1, 0.15) is 23.8 Å². The van der Waals surface area contributed by atoms with E-state index in [2.05, 4.69) is 55.8 Å².